The van der Waals surface area contributed by atoms with E-state index in [1.165, 1.54) is 23.3 Å². The lowest BCUT2D eigenvalue weighted by molar-refractivity contribution is -0.384. The number of aromatic nitrogens is 2. The third-order valence-corrected chi connectivity index (χ3v) is 5.61. The molecule has 0 bridgehead atoms. The van der Waals surface area contributed by atoms with Crippen molar-refractivity contribution in [1.29, 1.82) is 0 Å². The van der Waals surface area contributed by atoms with Crippen LogP contribution in [-0.2, 0) is 0 Å². The Kier molecular flexibility index (Phi) is 5.39. The summed E-state index contributed by atoms with van der Waals surface area (Å²) in [6.45, 7) is 0. The predicted octanol–water partition coefficient (Wildman–Crippen LogP) is 5.79. The van der Waals surface area contributed by atoms with Crippen LogP contribution in [0.2, 0.25) is 0 Å². The lowest BCUT2D eigenvalue weighted by Crippen LogP contribution is -2.02. The van der Waals surface area contributed by atoms with Gasteiger partial charge in [-0.05, 0) is 23.6 Å². The van der Waals surface area contributed by atoms with E-state index in [-0.39, 0.29) is 5.69 Å². The quantitative estimate of drug-likeness (QED) is 0.247. The topological polar surface area (TPSA) is 71.8 Å². The Morgan fingerprint density at radius 3 is 2.21 bits per heavy atom. The van der Waals surface area contributed by atoms with Gasteiger partial charge in [0.1, 0.15) is 0 Å². The molecule has 6 heteroatoms. The van der Waals surface area contributed by atoms with E-state index in [9.17, 15) is 10.1 Å². The average molecular weight is 389 g/mol. The first-order valence-electron chi connectivity index (χ1n) is 9.07. The van der Waals surface area contributed by atoms with Crippen molar-refractivity contribution in [2.24, 2.45) is 0 Å². The van der Waals surface area contributed by atoms with E-state index in [4.69, 9.17) is 0 Å². The first-order chi connectivity index (χ1) is 13.7. The smallest absolute Gasteiger partial charge is 0.271 e. The largest absolute Gasteiger partial charge is 0.333 e. The number of hydrogen-bond acceptors (Lipinski definition) is 4. The number of nitro groups is 1. The lowest BCUT2D eigenvalue weighted by Gasteiger charge is -2.17. The van der Waals surface area contributed by atoms with E-state index in [2.05, 4.69) is 58.5 Å². The van der Waals surface area contributed by atoms with Gasteiger partial charge in [-0.1, -0.05) is 72.4 Å². The number of nitrogens with zero attached hydrogens (tertiary/aromatic N) is 2. The number of aromatic amines is 1. The highest BCUT2D eigenvalue weighted by Crippen LogP contribution is 2.31. The monoisotopic (exact) mass is 389 g/mol. The van der Waals surface area contributed by atoms with Gasteiger partial charge in [-0.2, -0.15) is 0 Å². The molecule has 0 saturated carbocycles. The minimum absolute atomic E-state index is 0.0703. The standard InChI is InChI=1S/C22H19N3O2S/c26-25(27)18-11-12-20-21(15-18)24-22(23-20)28-14-13-19(16-7-3-1-4-8-16)17-9-5-2-6-10-17/h1-12,15,19H,13-14H2,(H,23,24). The zero-order valence-electron chi connectivity index (χ0n) is 15.1. The van der Waals surface area contributed by atoms with Gasteiger partial charge in [0.05, 0.1) is 16.0 Å². The predicted molar refractivity (Wildman–Crippen MR) is 113 cm³/mol. The summed E-state index contributed by atoms with van der Waals surface area (Å²) in [6.07, 6.45) is 0.968. The van der Waals surface area contributed by atoms with Gasteiger partial charge in [0.2, 0.25) is 0 Å². The molecule has 0 unspecified atom stereocenters. The van der Waals surface area contributed by atoms with Crippen LogP contribution in [0, 0.1) is 10.1 Å². The fourth-order valence-corrected chi connectivity index (χ4v) is 4.22. The number of nitro benzene ring substituents is 1. The third-order valence-electron chi connectivity index (χ3n) is 4.70. The molecule has 0 fully saturated rings. The van der Waals surface area contributed by atoms with E-state index < -0.39 is 4.92 Å². The van der Waals surface area contributed by atoms with Crippen LogP contribution >= 0.6 is 11.8 Å². The van der Waals surface area contributed by atoms with Crippen LogP contribution < -0.4 is 0 Å². The molecule has 0 aliphatic carbocycles. The maximum atomic E-state index is 10.9. The van der Waals surface area contributed by atoms with Crippen LogP contribution in [0.3, 0.4) is 0 Å². The normalized spacial score (nSPS) is 11.2. The molecule has 0 saturated heterocycles. The first kappa shape index (κ1) is 18.3. The number of fused-ring (bicyclic) bond motifs is 1. The number of imidazole rings is 1. The maximum absolute atomic E-state index is 10.9. The third kappa shape index (κ3) is 4.07. The number of nitrogens with one attached hydrogen (secondary N) is 1. The summed E-state index contributed by atoms with van der Waals surface area (Å²) in [6, 6.07) is 25.7. The summed E-state index contributed by atoms with van der Waals surface area (Å²) >= 11 is 1.64. The molecule has 0 spiro atoms. The van der Waals surface area contributed by atoms with Gasteiger partial charge in [0, 0.05) is 23.8 Å². The van der Waals surface area contributed by atoms with Gasteiger partial charge in [0.15, 0.2) is 5.16 Å². The van der Waals surface area contributed by atoms with Crippen LogP contribution in [0.4, 0.5) is 5.69 Å². The molecule has 1 heterocycles. The number of H-pyrrole nitrogens is 1. The van der Waals surface area contributed by atoms with Crippen molar-refractivity contribution in [3.05, 3.63) is 100 Å². The van der Waals surface area contributed by atoms with Crippen molar-refractivity contribution in [1.82, 2.24) is 9.97 Å². The fraction of sp³-hybridized carbons (Fsp3) is 0.136. The highest BCUT2D eigenvalue weighted by atomic mass is 32.2. The van der Waals surface area contributed by atoms with E-state index in [1.54, 1.807) is 17.8 Å². The molecule has 0 radical (unpaired) electrons. The highest BCUT2D eigenvalue weighted by molar-refractivity contribution is 7.99. The van der Waals surface area contributed by atoms with Crippen LogP contribution in [0.25, 0.3) is 11.0 Å². The minimum Gasteiger partial charge on any atom is -0.333 e. The van der Waals surface area contributed by atoms with Crippen molar-refractivity contribution >= 4 is 28.5 Å². The van der Waals surface area contributed by atoms with Crippen molar-refractivity contribution in [2.45, 2.75) is 17.5 Å². The molecule has 0 atom stereocenters. The molecular formula is C22H19N3O2S. The van der Waals surface area contributed by atoms with Crippen molar-refractivity contribution in [3.63, 3.8) is 0 Å². The molecule has 1 N–H and O–H groups in total. The summed E-state index contributed by atoms with van der Waals surface area (Å²) in [4.78, 5) is 18.3. The Morgan fingerprint density at radius 2 is 1.61 bits per heavy atom. The molecule has 140 valence electrons. The Bertz CT molecular complexity index is 1040. The Labute approximate surface area is 167 Å². The summed E-state index contributed by atoms with van der Waals surface area (Å²) in [5, 5.41) is 11.7. The second kappa shape index (κ2) is 8.27. The molecule has 28 heavy (non-hydrogen) atoms. The van der Waals surface area contributed by atoms with Gasteiger partial charge in [0.25, 0.3) is 5.69 Å². The van der Waals surface area contributed by atoms with E-state index in [1.807, 2.05) is 12.1 Å². The molecular weight excluding hydrogens is 370 g/mol. The fourth-order valence-electron chi connectivity index (χ4n) is 3.33. The Morgan fingerprint density at radius 1 is 0.964 bits per heavy atom. The zero-order valence-corrected chi connectivity index (χ0v) is 15.9. The molecule has 3 aromatic carbocycles. The van der Waals surface area contributed by atoms with Gasteiger partial charge in [-0.25, -0.2) is 4.98 Å². The van der Waals surface area contributed by atoms with Crippen LogP contribution in [0.15, 0.2) is 84.0 Å². The van der Waals surface area contributed by atoms with Crippen LogP contribution in [0.1, 0.15) is 23.5 Å². The van der Waals surface area contributed by atoms with Crippen LogP contribution in [0.5, 0.6) is 0 Å². The summed E-state index contributed by atoms with van der Waals surface area (Å²) in [5.41, 5.74) is 4.11. The minimum atomic E-state index is -0.391. The van der Waals surface area contributed by atoms with Gasteiger partial charge < -0.3 is 4.98 Å². The summed E-state index contributed by atoms with van der Waals surface area (Å²) in [5.74, 6) is 1.21. The maximum Gasteiger partial charge on any atom is 0.271 e. The lowest BCUT2D eigenvalue weighted by atomic mass is 9.89. The number of hydrogen-bond donors (Lipinski definition) is 1. The number of rotatable bonds is 7. The number of thioether (sulfide) groups is 1. The SMILES string of the molecule is O=[N+]([O-])c1ccc2nc(SCCC(c3ccccc3)c3ccccc3)[nH]c2c1. The molecule has 1 aromatic heterocycles. The molecule has 4 rings (SSSR count). The van der Waals surface area contributed by atoms with Crippen LogP contribution in [-0.4, -0.2) is 20.6 Å². The van der Waals surface area contributed by atoms with Crippen molar-refractivity contribution < 1.29 is 4.92 Å². The Hall–Kier alpha value is -3.12. The summed E-state index contributed by atoms with van der Waals surface area (Å²) < 4.78 is 0. The zero-order chi connectivity index (χ0) is 19.3. The van der Waals surface area contributed by atoms with E-state index in [0.29, 0.717) is 11.4 Å². The van der Waals surface area contributed by atoms with Crippen molar-refractivity contribution in [2.75, 3.05) is 5.75 Å². The number of non-ortho nitro benzene ring substituents is 1. The second-order valence-electron chi connectivity index (χ2n) is 6.51. The van der Waals surface area contributed by atoms with Gasteiger partial charge >= 0.3 is 0 Å². The molecule has 0 aliphatic heterocycles. The number of benzene rings is 3. The highest BCUT2D eigenvalue weighted by Gasteiger charge is 2.15. The molecule has 4 aromatic rings. The summed E-state index contributed by atoms with van der Waals surface area (Å²) in [7, 11) is 0. The van der Waals surface area contributed by atoms with E-state index in [0.717, 1.165) is 22.8 Å². The first-order valence-corrected chi connectivity index (χ1v) is 10.1. The molecule has 0 amide bonds. The molecule has 5 nitrogen and oxygen atoms in total. The van der Waals surface area contributed by atoms with Gasteiger partial charge in [-0.3, -0.25) is 10.1 Å². The van der Waals surface area contributed by atoms with Gasteiger partial charge in [-0.15, -0.1) is 0 Å². The Balaban J connectivity index is 1.49. The average Bonchev–Trinajstić information content (AvgIpc) is 3.14. The molecule has 0 aliphatic rings. The second-order valence-corrected chi connectivity index (χ2v) is 7.60. The van der Waals surface area contributed by atoms with E-state index >= 15 is 0 Å². The van der Waals surface area contributed by atoms with Crippen molar-refractivity contribution in [3.8, 4) is 0 Å².